The van der Waals surface area contributed by atoms with Crippen molar-refractivity contribution >= 4 is 72.4 Å². The van der Waals surface area contributed by atoms with E-state index in [1.807, 2.05) is 19.1 Å². The fourth-order valence-corrected chi connectivity index (χ4v) is 5.30. The minimum atomic E-state index is -1.03. The fourth-order valence-electron chi connectivity index (χ4n) is 2.78. The van der Waals surface area contributed by atoms with E-state index in [0.29, 0.717) is 34.7 Å². The number of benzene rings is 2. The van der Waals surface area contributed by atoms with Crippen LogP contribution < -0.4 is 4.74 Å². The standard InChI is InChI=1S/C22H18Br2N2O4S/c1-3-8-30-19-16(23)9-13(10-17(19)24)11-18-20(27)26(4-2)22(31-18)25-15-7-5-6-14(12-15)21(28)29/h3,5-7,9-12H,1,4,8H2,2H3,(H,28,29)/b18-11-,25-22?. The van der Waals surface area contributed by atoms with Crippen LogP contribution >= 0.6 is 43.6 Å². The molecule has 1 heterocycles. The molecule has 0 unspecified atom stereocenters. The van der Waals surface area contributed by atoms with Gasteiger partial charge in [0.05, 0.1) is 25.1 Å². The van der Waals surface area contributed by atoms with E-state index in [-0.39, 0.29) is 11.5 Å². The average molecular weight is 566 g/mol. The lowest BCUT2D eigenvalue weighted by Crippen LogP contribution is -2.28. The first-order chi connectivity index (χ1) is 14.8. The van der Waals surface area contributed by atoms with Crippen LogP contribution in [0.15, 0.2) is 67.9 Å². The molecule has 0 spiro atoms. The van der Waals surface area contributed by atoms with Gasteiger partial charge in [0.15, 0.2) is 5.17 Å². The molecular formula is C22H18Br2N2O4S. The third kappa shape index (κ3) is 5.47. The Hall–Kier alpha value is -2.36. The van der Waals surface area contributed by atoms with Gasteiger partial charge in [-0.25, -0.2) is 9.79 Å². The summed E-state index contributed by atoms with van der Waals surface area (Å²) in [5, 5.41) is 9.68. The van der Waals surface area contributed by atoms with Crippen LogP contribution in [0.2, 0.25) is 0 Å². The van der Waals surface area contributed by atoms with Gasteiger partial charge in [0.1, 0.15) is 12.4 Å². The Morgan fingerprint density at radius 2 is 2.00 bits per heavy atom. The fraction of sp³-hybridized carbons (Fsp3) is 0.136. The number of hydrogen-bond acceptors (Lipinski definition) is 5. The Morgan fingerprint density at radius 3 is 2.61 bits per heavy atom. The number of amidine groups is 1. The van der Waals surface area contributed by atoms with E-state index in [2.05, 4.69) is 43.4 Å². The summed E-state index contributed by atoms with van der Waals surface area (Å²) in [6.45, 7) is 6.33. The SMILES string of the molecule is C=CCOc1c(Br)cc(/C=C2\SC(=Nc3cccc(C(=O)O)c3)N(CC)C2=O)cc1Br. The van der Waals surface area contributed by atoms with Crippen molar-refractivity contribution in [2.75, 3.05) is 13.2 Å². The van der Waals surface area contributed by atoms with Gasteiger partial charge < -0.3 is 9.84 Å². The highest BCUT2D eigenvalue weighted by Gasteiger charge is 2.32. The number of nitrogens with zero attached hydrogens (tertiary/aromatic N) is 2. The van der Waals surface area contributed by atoms with E-state index in [1.54, 1.807) is 29.2 Å². The first kappa shape index (κ1) is 23.3. The normalized spacial score (nSPS) is 16.2. The molecular weight excluding hydrogens is 548 g/mol. The lowest BCUT2D eigenvalue weighted by molar-refractivity contribution is -0.122. The van der Waals surface area contributed by atoms with Crippen molar-refractivity contribution in [2.45, 2.75) is 6.92 Å². The number of halogens is 2. The molecule has 1 N–H and O–H groups in total. The number of thioether (sulfide) groups is 1. The molecule has 1 aliphatic heterocycles. The summed E-state index contributed by atoms with van der Waals surface area (Å²) in [4.78, 5) is 30.7. The van der Waals surface area contributed by atoms with Crippen LogP contribution in [0.3, 0.4) is 0 Å². The zero-order chi connectivity index (χ0) is 22.5. The van der Waals surface area contributed by atoms with Crippen molar-refractivity contribution in [1.82, 2.24) is 4.90 Å². The predicted octanol–water partition coefficient (Wildman–Crippen LogP) is 6.10. The summed E-state index contributed by atoms with van der Waals surface area (Å²) < 4.78 is 7.13. The largest absolute Gasteiger partial charge is 0.487 e. The van der Waals surface area contributed by atoms with Crippen molar-refractivity contribution in [3.05, 3.63) is 74.0 Å². The topological polar surface area (TPSA) is 79.2 Å². The monoisotopic (exact) mass is 564 g/mol. The predicted molar refractivity (Wildman–Crippen MR) is 131 cm³/mol. The highest BCUT2D eigenvalue weighted by Crippen LogP contribution is 2.38. The molecule has 0 saturated carbocycles. The molecule has 3 rings (SSSR count). The van der Waals surface area contributed by atoms with Crippen LogP contribution in [-0.4, -0.2) is 40.2 Å². The van der Waals surface area contributed by atoms with E-state index < -0.39 is 5.97 Å². The van der Waals surface area contributed by atoms with Crippen LogP contribution in [0.5, 0.6) is 5.75 Å². The number of carbonyl (C=O) groups is 2. The third-order valence-corrected chi connectivity index (χ3v) is 6.37. The van der Waals surface area contributed by atoms with E-state index in [4.69, 9.17) is 4.74 Å². The number of rotatable bonds is 7. The molecule has 2 aromatic carbocycles. The molecule has 0 aliphatic carbocycles. The van der Waals surface area contributed by atoms with Crippen LogP contribution in [-0.2, 0) is 4.79 Å². The summed E-state index contributed by atoms with van der Waals surface area (Å²) in [6.07, 6.45) is 3.45. The van der Waals surface area contributed by atoms with E-state index in [0.717, 1.165) is 14.5 Å². The Morgan fingerprint density at radius 1 is 1.29 bits per heavy atom. The van der Waals surface area contributed by atoms with Crippen molar-refractivity contribution in [2.24, 2.45) is 4.99 Å². The second-order valence-electron chi connectivity index (χ2n) is 6.32. The Kier molecular flexibility index (Phi) is 7.74. The van der Waals surface area contributed by atoms with Gasteiger partial charge in [-0.2, -0.15) is 0 Å². The van der Waals surface area contributed by atoms with E-state index in [1.165, 1.54) is 23.9 Å². The summed E-state index contributed by atoms with van der Waals surface area (Å²) in [6, 6.07) is 10.0. The van der Waals surface area contributed by atoms with Gasteiger partial charge in [-0.3, -0.25) is 9.69 Å². The minimum absolute atomic E-state index is 0.142. The molecule has 1 fully saturated rings. The van der Waals surface area contributed by atoms with Gasteiger partial charge in [0.2, 0.25) is 0 Å². The third-order valence-electron chi connectivity index (χ3n) is 4.19. The number of aliphatic imine (C=N–C) groups is 1. The van der Waals surface area contributed by atoms with Crippen molar-refractivity contribution in [1.29, 1.82) is 0 Å². The summed E-state index contributed by atoms with van der Waals surface area (Å²) in [7, 11) is 0. The van der Waals surface area contributed by atoms with Crippen LogP contribution in [0.4, 0.5) is 5.69 Å². The average Bonchev–Trinajstić information content (AvgIpc) is 3.01. The number of carboxylic acid groups (broad SMARTS) is 1. The Balaban J connectivity index is 1.92. The zero-order valence-electron chi connectivity index (χ0n) is 16.5. The maximum absolute atomic E-state index is 12.9. The van der Waals surface area contributed by atoms with Gasteiger partial charge in [-0.15, -0.1) is 0 Å². The highest BCUT2D eigenvalue weighted by molar-refractivity contribution is 9.11. The smallest absolute Gasteiger partial charge is 0.335 e. The number of likely N-dealkylation sites (N-methyl/N-ethyl adjacent to an activating group) is 1. The van der Waals surface area contributed by atoms with Gasteiger partial charge in [-0.05, 0) is 92.5 Å². The molecule has 160 valence electrons. The molecule has 0 atom stereocenters. The quantitative estimate of drug-likeness (QED) is 0.324. The minimum Gasteiger partial charge on any atom is -0.487 e. The summed E-state index contributed by atoms with van der Waals surface area (Å²) >= 11 is 8.25. The maximum atomic E-state index is 12.9. The van der Waals surface area contributed by atoms with Crippen LogP contribution in [0, 0.1) is 0 Å². The Bertz CT molecular complexity index is 1090. The number of amides is 1. The molecule has 0 bridgehead atoms. The lowest BCUT2D eigenvalue weighted by atomic mass is 10.2. The molecule has 2 aromatic rings. The molecule has 31 heavy (non-hydrogen) atoms. The molecule has 0 aromatic heterocycles. The number of aromatic carboxylic acids is 1. The van der Waals surface area contributed by atoms with E-state index >= 15 is 0 Å². The first-order valence-corrected chi connectivity index (χ1v) is 11.6. The molecule has 1 aliphatic rings. The molecule has 1 saturated heterocycles. The highest BCUT2D eigenvalue weighted by atomic mass is 79.9. The van der Waals surface area contributed by atoms with E-state index in [9.17, 15) is 14.7 Å². The lowest BCUT2D eigenvalue weighted by Gasteiger charge is -2.12. The maximum Gasteiger partial charge on any atom is 0.335 e. The van der Waals surface area contributed by atoms with Crippen LogP contribution in [0.25, 0.3) is 6.08 Å². The summed E-state index contributed by atoms with van der Waals surface area (Å²) in [5.41, 5.74) is 1.43. The van der Waals surface area contributed by atoms with Gasteiger partial charge in [0, 0.05) is 6.54 Å². The van der Waals surface area contributed by atoms with Crippen LogP contribution in [0.1, 0.15) is 22.8 Å². The molecule has 1 amide bonds. The molecule has 9 heteroatoms. The van der Waals surface area contributed by atoms with Crippen molar-refractivity contribution < 1.29 is 19.4 Å². The first-order valence-electron chi connectivity index (χ1n) is 9.20. The number of carbonyl (C=O) groups excluding carboxylic acids is 1. The molecule has 0 radical (unpaired) electrons. The number of ether oxygens (including phenoxy) is 1. The second kappa shape index (κ2) is 10.3. The summed E-state index contributed by atoms with van der Waals surface area (Å²) in [5.74, 6) is -0.523. The van der Waals surface area contributed by atoms with Crippen molar-refractivity contribution in [3.8, 4) is 5.75 Å². The Labute approximate surface area is 200 Å². The number of carboxylic acids is 1. The molecule has 6 nitrogen and oxygen atoms in total. The number of hydrogen-bond donors (Lipinski definition) is 1. The van der Waals surface area contributed by atoms with Gasteiger partial charge >= 0.3 is 5.97 Å². The van der Waals surface area contributed by atoms with Gasteiger partial charge in [0.25, 0.3) is 5.91 Å². The second-order valence-corrected chi connectivity index (χ2v) is 9.04. The zero-order valence-corrected chi connectivity index (χ0v) is 20.5. The van der Waals surface area contributed by atoms with Gasteiger partial charge in [-0.1, -0.05) is 18.7 Å². The van der Waals surface area contributed by atoms with Crippen molar-refractivity contribution in [3.63, 3.8) is 0 Å².